The third-order valence-corrected chi connectivity index (χ3v) is 4.60. The quantitative estimate of drug-likeness (QED) is 0.359. The summed E-state index contributed by atoms with van der Waals surface area (Å²) in [5.74, 6) is -0.525. The molecule has 6 heteroatoms. The molecule has 0 aliphatic heterocycles. The average Bonchev–Trinajstić information content (AvgIpc) is 2.94. The highest BCUT2D eigenvalue weighted by Gasteiger charge is 2.23. The molecular weight excluding hydrogens is 344 g/mol. The number of carbonyl (C=O) groups excluding carboxylic acids is 2. The lowest BCUT2D eigenvalue weighted by molar-refractivity contribution is -0.151. The van der Waals surface area contributed by atoms with E-state index in [-0.39, 0.29) is 17.5 Å². The van der Waals surface area contributed by atoms with Crippen LogP contribution in [0.5, 0.6) is 5.75 Å². The van der Waals surface area contributed by atoms with Crippen molar-refractivity contribution in [1.29, 1.82) is 5.26 Å². The monoisotopic (exact) mass is 370 g/mol. The second-order valence-electron chi connectivity index (χ2n) is 6.69. The van der Waals surface area contributed by atoms with Crippen LogP contribution < -0.4 is 10.1 Å². The van der Waals surface area contributed by atoms with Gasteiger partial charge in [-0.15, -0.1) is 0 Å². The lowest BCUT2D eigenvalue weighted by atomic mass is 10.1. The van der Waals surface area contributed by atoms with Crippen molar-refractivity contribution >= 4 is 18.0 Å². The highest BCUT2D eigenvalue weighted by Crippen LogP contribution is 2.18. The molecule has 0 saturated heterocycles. The van der Waals surface area contributed by atoms with Crippen LogP contribution in [-0.4, -0.2) is 31.1 Å². The SMILES string of the molecule is COc1cccc(/C=C(\C#N)C(=O)O[C@@H](C)C(=O)NC2CCCCCC2)c1. The minimum atomic E-state index is -0.956. The third-order valence-electron chi connectivity index (χ3n) is 4.60. The zero-order valence-corrected chi connectivity index (χ0v) is 15.9. The Balaban J connectivity index is 1.97. The van der Waals surface area contributed by atoms with Gasteiger partial charge in [0, 0.05) is 6.04 Å². The van der Waals surface area contributed by atoms with Crippen molar-refractivity contribution in [2.45, 2.75) is 57.6 Å². The van der Waals surface area contributed by atoms with Gasteiger partial charge >= 0.3 is 5.97 Å². The van der Waals surface area contributed by atoms with Crippen LogP contribution in [-0.2, 0) is 14.3 Å². The molecule has 1 atom stereocenters. The fraction of sp³-hybridized carbons (Fsp3) is 0.476. The summed E-state index contributed by atoms with van der Waals surface area (Å²) in [6, 6.07) is 8.93. The Morgan fingerprint density at radius 3 is 2.59 bits per heavy atom. The van der Waals surface area contributed by atoms with Gasteiger partial charge in [0.2, 0.25) is 0 Å². The second kappa shape index (κ2) is 10.4. The van der Waals surface area contributed by atoms with E-state index in [0.717, 1.165) is 25.7 Å². The molecular formula is C21H26N2O4. The molecule has 0 radical (unpaired) electrons. The van der Waals surface area contributed by atoms with E-state index in [1.807, 2.05) is 6.07 Å². The van der Waals surface area contributed by atoms with E-state index in [1.54, 1.807) is 24.3 Å². The van der Waals surface area contributed by atoms with Crippen LogP contribution in [0.15, 0.2) is 29.8 Å². The van der Waals surface area contributed by atoms with Gasteiger partial charge in [-0.25, -0.2) is 4.79 Å². The van der Waals surface area contributed by atoms with Crippen molar-refractivity contribution in [3.63, 3.8) is 0 Å². The Hall–Kier alpha value is -2.81. The van der Waals surface area contributed by atoms with Crippen LogP contribution in [0.1, 0.15) is 51.0 Å². The van der Waals surface area contributed by atoms with Crippen LogP contribution in [0.2, 0.25) is 0 Å². The van der Waals surface area contributed by atoms with Gasteiger partial charge in [0.25, 0.3) is 5.91 Å². The number of carbonyl (C=O) groups is 2. The number of nitrogens with zero attached hydrogens (tertiary/aromatic N) is 1. The van der Waals surface area contributed by atoms with Crippen LogP contribution in [0.3, 0.4) is 0 Å². The first-order valence-electron chi connectivity index (χ1n) is 9.30. The number of amides is 1. The van der Waals surface area contributed by atoms with E-state index in [0.29, 0.717) is 11.3 Å². The largest absolute Gasteiger partial charge is 0.497 e. The van der Waals surface area contributed by atoms with Crippen molar-refractivity contribution in [3.05, 3.63) is 35.4 Å². The number of hydrogen-bond donors (Lipinski definition) is 1. The lowest BCUT2D eigenvalue weighted by Crippen LogP contribution is -2.42. The molecule has 27 heavy (non-hydrogen) atoms. The van der Waals surface area contributed by atoms with Gasteiger partial charge in [0.1, 0.15) is 17.4 Å². The zero-order valence-electron chi connectivity index (χ0n) is 15.9. The molecule has 1 aliphatic rings. The minimum Gasteiger partial charge on any atom is -0.497 e. The molecule has 1 aromatic rings. The smallest absolute Gasteiger partial charge is 0.349 e. The van der Waals surface area contributed by atoms with Gasteiger partial charge in [0.05, 0.1) is 7.11 Å². The summed E-state index contributed by atoms with van der Waals surface area (Å²) in [6.45, 7) is 1.52. The Morgan fingerprint density at radius 2 is 1.96 bits per heavy atom. The number of nitrogens with one attached hydrogen (secondary N) is 1. The number of rotatable bonds is 6. The molecule has 0 unspecified atom stereocenters. The summed E-state index contributed by atoms with van der Waals surface area (Å²) in [7, 11) is 1.54. The van der Waals surface area contributed by atoms with Crippen LogP contribution in [0.4, 0.5) is 0 Å². The van der Waals surface area contributed by atoms with Crippen molar-refractivity contribution in [2.75, 3.05) is 7.11 Å². The highest BCUT2D eigenvalue weighted by molar-refractivity contribution is 5.99. The maximum absolute atomic E-state index is 12.3. The van der Waals surface area contributed by atoms with E-state index in [2.05, 4.69) is 5.32 Å². The fourth-order valence-electron chi connectivity index (χ4n) is 3.05. The van der Waals surface area contributed by atoms with Crippen LogP contribution >= 0.6 is 0 Å². The lowest BCUT2D eigenvalue weighted by Gasteiger charge is -2.19. The molecule has 1 amide bonds. The van der Waals surface area contributed by atoms with E-state index < -0.39 is 12.1 Å². The number of nitriles is 1. The van der Waals surface area contributed by atoms with Gasteiger partial charge in [-0.05, 0) is 43.5 Å². The molecule has 0 bridgehead atoms. The molecule has 144 valence electrons. The molecule has 0 aromatic heterocycles. The van der Waals surface area contributed by atoms with Crippen LogP contribution in [0.25, 0.3) is 6.08 Å². The Morgan fingerprint density at radius 1 is 1.26 bits per heavy atom. The Bertz CT molecular complexity index is 728. The van der Waals surface area contributed by atoms with Gasteiger partial charge in [-0.2, -0.15) is 5.26 Å². The summed E-state index contributed by atoms with van der Waals surface area (Å²) in [4.78, 5) is 24.6. The van der Waals surface area contributed by atoms with Crippen molar-refractivity contribution in [2.24, 2.45) is 0 Å². The maximum atomic E-state index is 12.3. The normalized spacial score (nSPS) is 16.6. The number of hydrogen-bond acceptors (Lipinski definition) is 5. The van der Waals surface area contributed by atoms with Crippen molar-refractivity contribution in [3.8, 4) is 11.8 Å². The maximum Gasteiger partial charge on any atom is 0.349 e. The number of methoxy groups -OCH3 is 1. The first kappa shape index (κ1) is 20.5. The summed E-state index contributed by atoms with van der Waals surface area (Å²) < 4.78 is 10.3. The molecule has 1 N–H and O–H groups in total. The van der Waals surface area contributed by atoms with Gasteiger partial charge < -0.3 is 14.8 Å². The Labute approximate surface area is 160 Å². The molecule has 2 rings (SSSR count). The average molecular weight is 370 g/mol. The topological polar surface area (TPSA) is 88.4 Å². The third kappa shape index (κ3) is 6.45. The molecule has 6 nitrogen and oxygen atoms in total. The van der Waals surface area contributed by atoms with E-state index >= 15 is 0 Å². The minimum absolute atomic E-state index is 0.129. The van der Waals surface area contributed by atoms with E-state index in [1.165, 1.54) is 33.0 Å². The van der Waals surface area contributed by atoms with E-state index in [9.17, 15) is 14.9 Å². The molecule has 1 fully saturated rings. The molecule has 1 saturated carbocycles. The predicted molar refractivity (Wildman–Crippen MR) is 102 cm³/mol. The first-order chi connectivity index (χ1) is 13.0. The summed E-state index contributed by atoms with van der Waals surface area (Å²) in [5, 5.41) is 12.2. The molecule has 0 heterocycles. The van der Waals surface area contributed by atoms with Gasteiger partial charge in [0.15, 0.2) is 6.10 Å². The standard InChI is InChI=1S/C21H26N2O4/c1-15(20(24)23-18-9-5-3-4-6-10-18)27-21(25)17(14-22)12-16-8-7-11-19(13-16)26-2/h7-8,11-13,15,18H,3-6,9-10H2,1-2H3,(H,23,24)/b17-12+/t15-/m0/s1. The highest BCUT2D eigenvalue weighted by atomic mass is 16.5. The summed E-state index contributed by atoms with van der Waals surface area (Å²) in [5.41, 5.74) is 0.468. The number of benzene rings is 1. The number of ether oxygens (including phenoxy) is 2. The van der Waals surface area contributed by atoms with Crippen molar-refractivity contribution < 1.29 is 19.1 Å². The van der Waals surface area contributed by atoms with E-state index in [4.69, 9.17) is 9.47 Å². The molecule has 1 aliphatic carbocycles. The summed E-state index contributed by atoms with van der Waals surface area (Å²) in [6.07, 6.45) is 6.94. The first-order valence-corrected chi connectivity index (χ1v) is 9.30. The zero-order chi connectivity index (χ0) is 19.6. The van der Waals surface area contributed by atoms with Crippen LogP contribution in [0, 0.1) is 11.3 Å². The second-order valence-corrected chi connectivity index (χ2v) is 6.69. The summed E-state index contributed by atoms with van der Waals surface area (Å²) >= 11 is 0. The van der Waals surface area contributed by atoms with Gasteiger partial charge in [-0.1, -0.05) is 37.8 Å². The molecule has 0 spiro atoms. The molecule has 1 aromatic carbocycles. The van der Waals surface area contributed by atoms with Crippen molar-refractivity contribution in [1.82, 2.24) is 5.32 Å². The predicted octanol–water partition coefficient (Wildman–Crippen LogP) is 3.37. The Kier molecular flexibility index (Phi) is 7.87. The van der Waals surface area contributed by atoms with Gasteiger partial charge in [-0.3, -0.25) is 4.79 Å². The fourth-order valence-corrected chi connectivity index (χ4v) is 3.05. The number of esters is 1.